The molecule has 1 aliphatic heterocycles. The highest BCUT2D eigenvalue weighted by molar-refractivity contribution is 5.74. The van der Waals surface area contributed by atoms with Crippen molar-refractivity contribution in [3.05, 3.63) is 94.4 Å². The van der Waals surface area contributed by atoms with E-state index in [0.717, 1.165) is 16.7 Å². The van der Waals surface area contributed by atoms with E-state index in [9.17, 15) is 10.1 Å². The van der Waals surface area contributed by atoms with Crippen molar-refractivity contribution in [1.82, 2.24) is 0 Å². The Morgan fingerprint density at radius 3 is 2.53 bits per heavy atom. The zero-order chi connectivity index (χ0) is 24.2. The van der Waals surface area contributed by atoms with Crippen LogP contribution in [0.5, 0.6) is 23.0 Å². The van der Waals surface area contributed by atoms with E-state index in [2.05, 4.69) is 6.07 Å². The molecule has 2 N–H and O–H groups in total. The van der Waals surface area contributed by atoms with E-state index < -0.39 is 11.9 Å². The molecule has 0 aromatic heterocycles. The largest absolute Gasteiger partial charge is 0.496 e. The molecule has 0 saturated carbocycles. The van der Waals surface area contributed by atoms with Crippen LogP contribution < -0.4 is 24.7 Å². The SMILES string of the molecule is COc1ccccc1C1C(C#N)=C(N)Oc2cc(OC(=O)COc3ccc(C)c(C)c3)ccc21. The van der Waals surface area contributed by atoms with Gasteiger partial charge in [0.05, 0.1) is 13.0 Å². The number of nitrogens with two attached hydrogens (primary N) is 1. The summed E-state index contributed by atoms with van der Waals surface area (Å²) in [5, 5.41) is 9.75. The minimum absolute atomic E-state index is 0.00698. The van der Waals surface area contributed by atoms with Gasteiger partial charge in [-0.15, -0.1) is 0 Å². The number of ether oxygens (including phenoxy) is 4. The van der Waals surface area contributed by atoms with E-state index >= 15 is 0 Å². The van der Waals surface area contributed by atoms with E-state index in [4.69, 9.17) is 24.7 Å². The number of nitriles is 1. The van der Waals surface area contributed by atoms with Crippen LogP contribution in [0.3, 0.4) is 0 Å². The predicted octanol–water partition coefficient (Wildman–Crippen LogP) is 4.51. The molecule has 0 amide bonds. The molecule has 1 unspecified atom stereocenters. The quantitative estimate of drug-likeness (QED) is 0.430. The Morgan fingerprint density at radius 1 is 1.03 bits per heavy atom. The molecule has 3 aromatic rings. The van der Waals surface area contributed by atoms with Crippen LogP contribution in [-0.4, -0.2) is 19.7 Å². The van der Waals surface area contributed by atoms with E-state index in [0.29, 0.717) is 22.8 Å². The maximum atomic E-state index is 12.4. The zero-order valence-electron chi connectivity index (χ0n) is 19.1. The molecule has 7 nitrogen and oxygen atoms in total. The molecule has 3 aromatic carbocycles. The predicted molar refractivity (Wildman–Crippen MR) is 126 cm³/mol. The number of esters is 1. The molecule has 0 radical (unpaired) electrons. The lowest BCUT2D eigenvalue weighted by Gasteiger charge is -2.27. The van der Waals surface area contributed by atoms with Crippen LogP contribution in [0.2, 0.25) is 0 Å². The van der Waals surface area contributed by atoms with Crippen LogP contribution in [0.25, 0.3) is 0 Å². The summed E-state index contributed by atoms with van der Waals surface area (Å²) in [5.74, 6) is 0.842. The monoisotopic (exact) mass is 456 g/mol. The van der Waals surface area contributed by atoms with Gasteiger partial charge in [0, 0.05) is 17.2 Å². The number of para-hydroxylation sites is 1. The highest BCUT2D eigenvalue weighted by atomic mass is 16.6. The van der Waals surface area contributed by atoms with Crippen molar-refractivity contribution in [3.8, 4) is 29.1 Å². The number of aryl methyl sites for hydroxylation is 2. The lowest BCUT2D eigenvalue weighted by atomic mass is 9.83. The topological polar surface area (TPSA) is 104 Å². The third-order valence-corrected chi connectivity index (χ3v) is 5.71. The number of methoxy groups -OCH3 is 1. The summed E-state index contributed by atoms with van der Waals surface area (Å²) in [4.78, 5) is 12.4. The summed E-state index contributed by atoms with van der Waals surface area (Å²) in [6.45, 7) is 3.74. The van der Waals surface area contributed by atoms with Crippen LogP contribution in [0, 0.1) is 25.2 Å². The number of fused-ring (bicyclic) bond motifs is 1. The van der Waals surface area contributed by atoms with Crippen LogP contribution in [0.1, 0.15) is 28.2 Å². The van der Waals surface area contributed by atoms with Gasteiger partial charge in [-0.25, -0.2) is 4.79 Å². The standard InChI is InChI=1S/C27H24N2O5/c1-16-8-9-18(12-17(16)2)32-15-25(30)33-19-10-11-21-24(13-19)34-27(29)22(14-28)26(21)20-6-4-5-7-23(20)31-3/h4-13,26H,15,29H2,1-3H3. The highest BCUT2D eigenvalue weighted by Crippen LogP contribution is 2.45. The summed E-state index contributed by atoms with van der Waals surface area (Å²) in [5.41, 5.74) is 10.1. The highest BCUT2D eigenvalue weighted by Gasteiger charge is 2.32. The van der Waals surface area contributed by atoms with Crippen molar-refractivity contribution in [2.24, 2.45) is 5.73 Å². The van der Waals surface area contributed by atoms with Gasteiger partial charge in [-0.2, -0.15) is 5.26 Å². The summed E-state index contributed by atoms with van der Waals surface area (Å²) in [6, 6.07) is 20.2. The van der Waals surface area contributed by atoms with Gasteiger partial charge >= 0.3 is 5.97 Å². The summed E-state index contributed by atoms with van der Waals surface area (Å²) in [6.07, 6.45) is 0. The molecule has 1 aliphatic rings. The Bertz CT molecular complexity index is 1320. The summed E-state index contributed by atoms with van der Waals surface area (Å²) < 4.78 is 22.2. The van der Waals surface area contributed by atoms with Gasteiger partial charge in [0.1, 0.15) is 34.6 Å². The summed E-state index contributed by atoms with van der Waals surface area (Å²) in [7, 11) is 1.57. The van der Waals surface area contributed by atoms with Gasteiger partial charge in [-0.3, -0.25) is 0 Å². The van der Waals surface area contributed by atoms with Crippen LogP contribution in [0.15, 0.2) is 72.1 Å². The average Bonchev–Trinajstić information content (AvgIpc) is 2.83. The Hall–Kier alpha value is -4.44. The second-order valence-electron chi connectivity index (χ2n) is 7.88. The number of carbonyl (C=O) groups is 1. The number of hydrogen-bond donors (Lipinski definition) is 1. The van der Waals surface area contributed by atoms with Gasteiger partial charge in [-0.05, 0) is 49.2 Å². The van der Waals surface area contributed by atoms with Gasteiger partial charge in [-0.1, -0.05) is 30.3 Å². The molecule has 172 valence electrons. The third kappa shape index (κ3) is 4.52. The van der Waals surface area contributed by atoms with E-state index in [-0.39, 0.29) is 23.8 Å². The van der Waals surface area contributed by atoms with Crippen molar-refractivity contribution in [1.29, 1.82) is 5.26 Å². The summed E-state index contributed by atoms with van der Waals surface area (Å²) >= 11 is 0. The number of allylic oxidation sites excluding steroid dienone is 1. The first-order chi connectivity index (χ1) is 16.4. The Labute approximate surface area is 197 Å². The zero-order valence-corrected chi connectivity index (χ0v) is 19.1. The first-order valence-corrected chi connectivity index (χ1v) is 10.7. The van der Waals surface area contributed by atoms with Crippen LogP contribution in [-0.2, 0) is 4.79 Å². The molecule has 0 fully saturated rings. The van der Waals surface area contributed by atoms with Crippen molar-refractivity contribution in [2.45, 2.75) is 19.8 Å². The van der Waals surface area contributed by atoms with Crippen molar-refractivity contribution in [3.63, 3.8) is 0 Å². The molecule has 7 heteroatoms. The molecule has 0 bridgehead atoms. The first-order valence-electron chi connectivity index (χ1n) is 10.7. The fraction of sp³-hybridized carbons (Fsp3) is 0.185. The number of benzene rings is 3. The minimum Gasteiger partial charge on any atom is -0.496 e. The molecular weight excluding hydrogens is 432 g/mol. The lowest BCUT2D eigenvalue weighted by Crippen LogP contribution is -2.22. The average molecular weight is 456 g/mol. The second kappa shape index (κ2) is 9.59. The Kier molecular flexibility index (Phi) is 6.42. The fourth-order valence-corrected chi connectivity index (χ4v) is 3.83. The minimum atomic E-state index is -0.559. The Balaban J connectivity index is 1.56. The molecule has 0 saturated heterocycles. The molecule has 34 heavy (non-hydrogen) atoms. The molecule has 1 atom stereocenters. The van der Waals surface area contributed by atoms with Gasteiger partial charge < -0.3 is 24.7 Å². The number of nitrogens with zero attached hydrogens (tertiary/aromatic N) is 1. The Morgan fingerprint density at radius 2 is 1.79 bits per heavy atom. The number of hydrogen-bond acceptors (Lipinski definition) is 7. The van der Waals surface area contributed by atoms with Crippen molar-refractivity contribution >= 4 is 5.97 Å². The van der Waals surface area contributed by atoms with E-state index in [1.807, 2.05) is 56.3 Å². The molecular formula is C27H24N2O5. The third-order valence-electron chi connectivity index (χ3n) is 5.71. The smallest absolute Gasteiger partial charge is 0.349 e. The maximum absolute atomic E-state index is 12.4. The number of rotatable bonds is 6. The van der Waals surface area contributed by atoms with Crippen molar-refractivity contribution in [2.75, 3.05) is 13.7 Å². The van der Waals surface area contributed by atoms with Crippen LogP contribution in [0.4, 0.5) is 0 Å². The number of carbonyl (C=O) groups excluding carboxylic acids is 1. The van der Waals surface area contributed by atoms with E-state index in [1.165, 1.54) is 0 Å². The van der Waals surface area contributed by atoms with Gasteiger partial charge in [0.15, 0.2) is 6.61 Å². The van der Waals surface area contributed by atoms with Crippen molar-refractivity contribution < 1.29 is 23.7 Å². The van der Waals surface area contributed by atoms with Gasteiger partial charge in [0.25, 0.3) is 0 Å². The van der Waals surface area contributed by atoms with E-state index in [1.54, 1.807) is 25.3 Å². The molecule has 0 spiro atoms. The maximum Gasteiger partial charge on any atom is 0.349 e. The normalized spacial score (nSPS) is 14.5. The molecule has 1 heterocycles. The molecule has 4 rings (SSSR count). The van der Waals surface area contributed by atoms with Crippen LogP contribution >= 0.6 is 0 Å². The second-order valence-corrected chi connectivity index (χ2v) is 7.88. The lowest BCUT2D eigenvalue weighted by molar-refractivity contribution is -0.136. The first kappa shape index (κ1) is 22.7. The van der Waals surface area contributed by atoms with Gasteiger partial charge in [0.2, 0.25) is 5.88 Å². The molecule has 0 aliphatic carbocycles. The fourth-order valence-electron chi connectivity index (χ4n) is 3.83.